The van der Waals surface area contributed by atoms with Crippen LogP contribution in [0, 0.1) is 0 Å². The number of rotatable bonds is 3. The lowest BCUT2D eigenvalue weighted by Crippen LogP contribution is -2.27. The van der Waals surface area contributed by atoms with E-state index in [1.807, 2.05) is 24.4 Å². The van der Waals surface area contributed by atoms with E-state index in [9.17, 15) is 0 Å². The molecule has 27 heavy (non-hydrogen) atoms. The molecule has 5 rings (SSSR count). The van der Waals surface area contributed by atoms with Gasteiger partial charge in [0.25, 0.3) is 0 Å². The fourth-order valence-corrected chi connectivity index (χ4v) is 4.59. The van der Waals surface area contributed by atoms with Gasteiger partial charge in [0.15, 0.2) is 0 Å². The first-order valence-corrected chi connectivity index (χ1v) is 10.1. The Morgan fingerprint density at radius 3 is 3.00 bits per heavy atom. The van der Waals surface area contributed by atoms with Gasteiger partial charge in [-0.25, -0.2) is 0 Å². The molecule has 0 unspecified atom stereocenters. The van der Waals surface area contributed by atoms with Crippen molar-refractivity contribution in [3.05, 3.63) is 58.0 Å². The molecule has 0 saturated carbocycles. The Kier molecular flexibility index (Phi) is 4.60. The number of hydrogen-bond donors (Lipinski definition) is 1. The smallest absolute Gasteiger partial charge is 0.0767 e. The molecule has 0 spiro atoms. The molecule has 2 aliphatic heterocycles. The summed E-state index contributed by atoms with van der Waals surface area (Å²) < 4.78 is 7.97. The van der Waals surface area contributed by atoms with Crippen molar-refractivity contribution >= 4 is 22.5 Å². The molecule has 0 amide bonds. The molecule has 0 aliphatic carbocycles. The topological polar surface area (TPSA) is 52.0 Å². The Bertz CT molecular complexity index is 978. The number of nitrogens with one attached hydrogen (secondary N) is 1. The van der Waals surface area contributed by atoms with E-state index in [4.69, 9.17) is 21.4 Å². The van der Waals surface area contributed by atoms with Crippen molar-refractivity contribution in [3.8, 4) is 0 Å². The molecule has 4 heterocycles. The van der Waals surface area contributed by atoms with E-state index in [-0.39, 0.29) is 0 Å². The molecule has 0 atom stereocenters. The molecule has 1 saturated heterocycles. The largest absolute Gasteiger partial charge is 0.376 e. The van der Waals surface area contributed by atoms with Gasteiger partial charge in [-0.1, -0.05) is 17.7 Å². The average Bonchev–Trinajstić information content (AvgIpc) is 3.10. The maximum absolute atomic E-state index is 6.37. The number of nitrogens with zero attached hydrogens (tertiary/aromatic N) is 3. The van der Waals surface area contributed by atoms with E-state index in [1.54, 1.807) is 0 Å². The van der Waals surface area contributed by atoms with Crippen LogP contribution in [0.5, 0.6) is 0 Å². The van der Waals surface area contributed by atoms with E-state index in [2.05, 4.69) is 21.0 Å². The summed E-state index contributed by atoms with van der Waals surface area (Å²) in [7, 11) is 0. The molecule has 1 aromatic carbocycles. The second-order valence-corrected chi connectivity index (χ2v) is 7.81. The Balaban J connectivity index is 1.56. The normalized spacial score (nSPS) is 18.0. The number of ether oxygens (including phenoxy) is 1. The van der Waals surface area contributed by atoms with Gasteiger partial charge in [0.2, 0.25) is 0 Å². The molecular formula is C21H23ClN4O. The molecule has 1 N–H and O–H groups in total. The number of fused-ring (bicyclic) bond motifs is 2. The fourth-order valence-electron chi connectivity index (χ4n) is 4.37. The number of halogens is 1. The highest BCUT2D eigenvalue weighted by atomic mass is 35.5. The van der Waals surface area contributed by atoms with Crippen molar-refractivity contribution in [2.75, 3.05) is 19.7 Å². The maximum atomic E-state index is 6.37. The van der Waals surface area contributed by atoms with Gasteiger partial charge in [-0.3, -0.25) is 9.67 Å². The average molecular weight is 383 g/mol. The van der Waals surface area contributed by atoms with E-state index in [0.717, 1.165) is 67.0 Å². The molecule has 0 radical (unpaired) electrons. The van der Waals surface area contributed by atoms with E-state index in [1.165, 1.54) is 17.0 Å². The number of piperidine rings is 1. The van der Waals surface area contributed by atoms with Crippen LogP contribution >= 0.6 is 11.6 Å². The standard InChI is InChI=1S/C21H23ClN4O/c22-18-4-3-15(20-16(18)2-1-8-24-20)12-26-19-7-11-27-13-17(19)21(25-26)14-5-9-23-10-6-14/h1-4,8,14,23H,5-7,9-13H2. The van der Waals surface area contributed by atoms with Crippen LogP contribution in [-0.4, -0.2) is 34.5 Å². The van der Waals surface area contributed by atoms with Gasteiger partial charge in [-0.2, -0.15) is 5.10 Å². The first-order valence-electron chi connectivity index (χ1n) is 9.70. The Morgan fingerprint density at radius 2 is 2.11 bits per heavy atom. The first kappa shape index (κ1) is 17.2. The number of benzene rings is 1. The third-order valence-corrected chi connectivity index (χ3v) is 6.10. The summed E-state index contributed by atoms with van der Waals surface area (Å²) in [4.78, 5) is 4.59. The third kappa shape index (κ3) is 3.14. The summed E-state index contributed by atoms with van der Waals surface area (Å²) in [5.41, 5.74) is 6.01. The summed E-state index contributed by atoms with van der Waals surface area (Å²) in [6.07, 6.45) is 5.05. The van der Waals surface area contributed by atoms with Crippen molar-refractivity contribution < 1.29 is 4.74 Å². The van der Waals surface area contributed by atoms with Crippen molar-refractivity contribution in [1.82, 2.24) is 20.1 Å². The molecule has 140 valence electrons. The van der Waals surface area contributed by atoms with Crippen LogP contribution in [-0.2, 0) is 24.3 Å². The quantitative estimate of drug-likeness (QED) is 0.750. The number of hydrogen-bond acceptors (Lipinski definition) is 4. The maximum Gasteiger partial charge on any atom is 0.0767 e. The molecule has 1 fully saturated rings. The monoisotopic (exact) mass is 382 g/mol. The van der Waals surface area contributed by atoms with Crippen LogP contribution in [0.2, 0.25) is 5.02 Å². The second-order valence-electron chi connectivity index (χ2n) is 7.40. The lowest BCUT2D eigenvalue weighted by atomic mass is 9.91. The van der Waals surface area contributed by atoms with Crippen LogP contribution in [0.15, 0.2) is 30.5 Å². The Labute approximate surface area is 163 Å². The van der Waals surface area contributed by atoms with Crippen molar-refractivity contribution in [2.45, 2.75) is 38.3 Å². The zero-order chi connectivity index (χ0) is 18.2. The first-order chi connectivity index (χ1) is 13.3. The number of aromatic nitrogens is 3. The van der Waals surface area contributed by atoms with Gasteiger partial charge in [-0.15, -0.1) is 0 Å². The minimum absolute atomic E-state index is 0.531. The van der Waals surface area contributed by atoms with Crippen LogP contribution in [0.4, 0.5) is 0 Å². The van der Waals surface area contributed by atoms with Crippen molar-refractivity contribution in [2.24, 2.45) is 0 Å². The summed E-state index contributed by atoms with van der Waals surface area (Å²) in [6.45, 7) is 4.31. The van der Waals surface area contributed by atoms with Crippen LogP contribution in [0.25, 0.3) is 10.9 Å². The lowest BCUT2D eigenvalue weighted by molar-refractivity contribution is 0.108. The van der Waals surface area contributed by atoms with Gasteiger partial charge >= 0.3 is 0 Å². The minimum atomic E-state index is 0.531. The molecule has 0 bridgehead atoms. The van der Waals surface area contributed by atoms with Gasteiger partial charge in [0.1, 0.15) is 0 Å². The minimum Gasteiger partial charge on any atom is -0.376 e. The van der Waals surface area contributed by atoms with Crippen LogP contribution in [0.1, 0.15) is 41.3 Å². The van der Waals surface area contributed by atoms with Gasteiger partial charge in [-0.05, 0) is 49.7 Å². The SMILES string of the molecule is Clc1ccc(Cn2nc(C3CCNCC3)c3c2CCOC3)c2ncccc12. The highest BCUT2D eigenvalue weighted by molar-refractivity contribution is 6.35. The molecule has 2 aliphatic rings. The predicted octanol–water partition coefficient (Wildman–Crippen LogP) is 3.67. The van der Waals surface area contributed by atoms with E-state index < -0.39 is 0 Å². The van der Waals surface area contributed by atoms with Gasteiger partial charge < -0.3 is 10.1 Å². The van der Waals surface area contributed by atoms with Crippen LogP contribution < -0.4 is 5.32 Å². The number of pyridine rings is 1. The predicted molar refractivity (Wildman–Crippen MR) is 106 cm³/mol. The Morgan fingerprint density at radius 1 is 1.22 bits per heavy atom. The van der Waals surface area contributed by atoms with E-state index in [0.29, 0.717) is 12.5 Å². The van der Waals surface area contributed by atoms with Crippen molar-refractivity contribution in [3.63, 3.8) is 0 Å². The zero-order valence-electron chi connectivity index (χ0n) is 15.2. The Hall–Kier alpha value is -1.95. The summed E-state index contributed by atoms with van der Waals surface area (Å²) >= 11 is 6.37. The summed E-state index contributed by atoms with van der Waals surface area (Å²) in [6, 6.07) is 8.00. The molecular weight excluding hydrogens is 360 g/mol. The molecule has 2 aromatic heterocycles. The van der Waals surface area contributed by atoms with Crippen molar-refractivity contribution in [1.29, 1.82) is 0 Å². The second kappa shape index (κ2) is 7.23. The fraction of sp³-hybridized carbons (Fsp3) is 0.429. The third-order valence-electron chi connectivity index (χ3n) is 5.77. The highest BCUT2D eigenvalue weighted by Crippen LogP contribution is 2.32. The summed E-state index contributed by atoms with van der Waals surface area (Å²) in [5, 5.41) is 10.3. The lowest BCUT2D eigenvalue weighted by Gasteiger charge is -2.23. The van der Waals surface area contributed by atoms with Crippen LogP contribution in [0.3, 0.4) is 0 Å². The molecule has 6 heteroatoms. The van der Waals surface area contributed by atoms with Gasteiger partial charge in [0, 0.05) is 40.2 Å². The molecule has 3 aromatic rings. The highest BCUT2D eigenvalue weighted by Gasteiger charge is 2.27. The van der Waals surface area contributed by atoms with E-state index >= 15 is 0 Å². The summed E-state index contributed by atoms with van der Waals surface area (Å²) in [5.74, 6) is 0.531. The van der Waals surface area contributed by atoms with Gasteiger partial charge in [0.05, 0.1) is 31.0 Å². The molecule has 5 nitrogen and oxygen atoms in total. The zero-order valence-corrected chi connectivity index (χ0v) is 16.0.